The molecule has 1 fully saturated rings. The Morgan fingerprint density at radius 3 is 2.78 bits per heavy atom. The van der Waals surface area contributed by atoms with Crippen molar-refractivity contribution < 1.29 is 9.59 Å². The highest BCUT2D eigenvalue weighted by Gasteiger charge is 2.33. The Morgan fingerprint density at radius 2 is 2.17 bits per heavy atom. The number of aryl methyl sites for hydroxylation is 1. The number of nitrogens with zero attached hydrogens (tertiary/aromatic N) is 1. The van der Waals surface area contributed by atoms with E-state index in [1.54, 1.807) is 12.1 Å². The zero-order valence-electron chi connectivity index (χ0n) is 10.4. The fraction of sp³-hybridized carbons (Fsp3) is 0.385. The van der Waals surface area contributed by atoms with Crippen molar-refractivity contribution in [1.82, 2.24) is 5.32 Å². The lowest BCUT2D eigenvalue weighted by Gasteiger charge is -2.32. The van der Waals surface area contributed by atoms with E-state index in [9.17, 15) is 9.59 Å². The smallest absolute Gasteiger partial charge is 0.250 e. The first-order valence-corrected chi connectivity index (χ1v) is 6.27. The van der Waals surface area contributed by atoms with Crippen LogP contribution in [0.3, 0.4) is 0 Å². The second-order valence-electron chi connectivity index (χ2n) is 4.41. The van der Waals surface area contributed by atoms with Gasteiger partial charge in [0, 0.05) is 0 Å². The van der Waals surface area contributed by atoms with Crippen molar-refractivity contribution in [1.29, 1.82) is 0 Å². The summed E-state index contributed by atoms with van der Waals surface area (Å²) < 4.78 is 0. The van der Waals surface area contributed by atoms with Crippen LogP contribution in [0.15, 0.2) is 18.2 Å². The molecule has 1 heterocycles. The molecule has 0 spiro atoms. The molecule has 0 radical (unpaired) electrons. The number of halogens is 1. The fourth-order valence-electron chi connectivity index (χ4n) is 2.02. The van der Waals surface area contributed by atoms with Crippen LogP contribution < -0.4 is 10.2 Å². The summed E-state index contributed by atoms with van der Waals surface area (Å²) in [6.45, 7) is 3.82. The maximum absolute atomic E-state index is 12.2. The van der Waals surface area contributed by atoms with Gasteiger partial charge in [-0.1, -0.05) is 24.6 Å². The molecule has 1 aliphatic heterocycles. The number of benzene rings is 1. The molecule has 18 heavy (non-hydrogen) atoms. The maximum atomic E-state index is 12.2. The van der Waals surface area contributed by atoms with Crippen molar-refractivity contribution >= 4 is 29.1 Å². The van der Waals surface area contributed by atoms with Crippen LogP contribution in [0.25, 0.3) is 0 Å². The third-order valence-corrected chi connectivity index (χ3v) is 3.31. The summed E-state index contributed by atoms with van der Waals surface area (Å²) in [7, 11) is 0. The molecule has 2 rings (SSSR count). The average Bonchev–Trinajstić information content (AvgIpc) is 2.32. The van der Waals surface area contributed by atoms with Crippen molar-refractivity contribution in [2.24, 2.45) is 0 Å². The predicted molar refractivity (Wildman–Crippen MR) is 70.8 cm³/mol. The minimum absolute atomic E-state index is 0.0259. The monoisotopic (exact) mass is 266 g/mol. The van der Waals surface area contributed by atoms with Gasteiger partial charge >= 0.3 is 0 Å². The first-order chi connectivity index (χ1) is 8.52. The van der Waals surface area contributed by atoms with Crippen molar-refractivity contribution in [3.63, 3.8) is 0 Å². The molecule has 0 bridgehead atoms. The van der Waals surface area contributed by atoms with E-state index in [-0.39, 0.29) is 18.4 Å². The number of piperazine rings is 1. The highest BCUT2D eigenvalue weighted by atomic mass is 35.5. The molecule has 1 unspecified atom stereocenters. The Kier molecular flexibility index (Phi) is 3.57. The zero-order valence-corrected chi connectivity index (χ0v) is 11.1. The average molecular weight is 267 g/mol. The number of rotatable bonds is 2. The molecular weight excluding hydrogens is 252 g/mol. The van der Waals surface area contributed by atoms with Gasteiger partial charge in [0.2, 0.25) is 11.8 Å². The molecule has 4 nitrogen and oxygen atoms in total. The minimum Gasteiger partial charge on any atom is -0.343 e. The molecule has 1 aliphatic rings. The second-order valence-corrected chi connectivity index (χ2v) is 4.81. The van der Waals surface area contributed by atoms with Crippen LogP contribution in [0.1, 0.15) is 18.9 Å². The molecule has 1 saturated heterocycles. The Labute approximate surface area is 111 Å². The van der Waals surface area contributed by atoms with E-state index in [0.29, 0.717) is 17.1 Å². The summed E-state index contributed by atoms with van der Waals surface area (Å²) in [5, 5.41) is 3.17. The van der Waals surface area contributed by atoms with Gasteiger partial charge in [-0.15, -0.1) is 0 Å². The van der Waals surface area contributed by atoms with Gasteiger partial charge in [-0.05, 0) is 31.0 Å². The van der Waals surface area contributed by atoms with Gasteiger partial charge in [-0.2, -0.15) is 0 Å². The van der Waals surface area contributed by atoms with Crippen LogP contribution in [-0.2, 0) is 9.59 Å². The van der Waals surface area contributed by atoms with Crippen molar-refractivity contribution in [2.45, 2.75) is 26.3 Å². The number of anilines is 1. The van der Waals surface area contributed by atoms with E-state index < -0.39 is 6.04 Å². The Bertz CT molecular complexity index is 502. The van der Waals surface area contributed by atoms with Gasteiger partial charge in [-0.3, -0.25) is 14.5 Å². The van der Waals surface area contributed by atoms with E-state index in [4.69, 9.17) is 11.6 Å². The van der Waals surface area contributed by atoms with Gasteiger partial charge in [-0.25, -0.2) is 0 Å². The Morgan fingerprint density at radius 1 is 1.44 bits per heavy atom. The topological polar surface area (TPSA) is 49.4 Å². The van der Waals surface area contributed by atoms with Gasteiger partial charge in [0.1, 0.15) is 12.6 Å². The normalized spacial score (nSPS) is 19.9. The van der Waals surface area contributed by atoms with E-state index in [1.165, 1.54) is 4.90 Å². The number of amides is 2. The van der Waals surface area contributed by atoms with Gasteiger partial charge < -0.3 is 5.32 Å². The van der Waals surface area contributed by atoms with E-state index in [2.05, 4.69) is 5.32 Å². The summed E-state index contributed by atoms with van der Waals surface area (Å²) in [6.07, 6.45) is 0.574. The van der Waals surface area contributed by atoms with Gasteiger partial charge in [0.05, 0.1) is 10.7 Å². The lowest BCUT2D eigenvalue weighted by Crippen LogP contribution is -2.58. The molecule has 1 atom stereocenters. The third-order valence-electron chi connectivity index (χ3n) is 3.00. The maximum Gasteiger partial charge on any atom is 0.250 e. The predicted octanol–water partition coefficient (Wildman–Crippen LogP) is 1.89. The van der Waals surface area contributed by atoms with Crippen molar-refractivity contribution in [2.75, 3.05) is 11.4 Å². The number of carbonyl (C=O) groups is 2. The first kappa shape index (κ1) is 12.9. The van der Waals surface area contributed by atoms with Crippen molar-refractivity contribution in [3.8, 4) is 0 Å². The van der Waals surface area contributed by atoms with Crippen LogP contribution in [-0.4, -0.2) is 24.4 Å². The lowest BCUT2D eigenvalue weighted by molar-refractivity contribution is -0.131. The molecule has 96 valence electrons. The van der Waals surface area contributed by atoms with Crippen LogP contribution in [0.2, 0.25) is 5.02 Å². The highest BCUT2D eigenvalue weighted by molar-refractivity contribution is 6.34. The molecule has 0 aromatic heterocycles. The van der Waals surface area contributed by atoms with Crippen molar-refractivity contribution in [3.05, 3.63) is 28.8 Å². The summed E-state index contributed by atoms with van der Waals surface area (Å²) >= 11 is 6.14. The Hall–Kier alpha value is -1.55. The first-order valence-electron chi connectivity index (χ1n) is 5.89. The van der Waals surface area contributed by atoms with Crippen LogP contribution in [0.4, 0.5) is 5.69 Å². The molecular formula is C13H15ClN2O2. The zero-order chi connectivity index (χ0) is 13.3. The van der Waals surface area contributed by atoms with Crippen LogP contribution >= 0.6 is 11.6 Å². The molecule has 0 saturated carbocycles. The molecule has 0 aliphatic carbocycles. The lowest BCUT2D eigenvalue weighted by atomic mass is 10.1. The summed E-state index contributed by atoms with van der Waals surface area (Å²) in [5.74, 6) is -0.263. The van der Waals surface area contributed by atoms with Crippen LogP contribution in [0.5, 0.6) is 0 Å². The van der Waals surface area contributed by atoms with Gasteiger partial charge in [0.25, 0.3) is 0 Å². The number of hydrogen-bond acceptors (Lipinski definition) is 2. The molecule has 1 aromatic carbocycles. The van der Waals surface area contributed by atoms with Gasteiger partial charge in [0.15, 0.2) is 0 Å². The van der Waals surface area contributed by atoms with E-state index in [0.717, 1.165) is 5.56 Å². The molecule has 1 aromatic rings. The fourth-order valence-corrected chi connectivity index (χ4v) is 2.36. The Balaban J connectivity index is 2.36. The quantitative estimate of drug-likeness (QED) is 0.889. The summed E-state index contributed by atoms with van der Waals surface area (Å²) in [4.78, 5) is 25.2. The number of hydrogen-bond donors (Lipinski definition) is 1. The molecule has 2 amide bonds. The number of carbonyl (C=O) groups excluding carboxylic acids is 2. The molecule has 1 N–H and O–H groups in total. The minimum atomic E-state index is -0.455. The summed E-state index contributed by atoms with van der Waals surface area (Å²) in [5.41, 5.74) is 1.62. The summed E-state index contributed by atoms with van der Waals surface area (Å²) in [6, 6.07) is 4.99. The highest BCUT2D eigenvalue weighted by Crippen LogP contribution is 2.28. The SMILES string of the molecule is CCC1NC(=O)CN(c2ccc(C)cc2Cl)C1=O. The largest absolute Gasteiger partial charge is 0.343 e. The third kappa shape index (κ3) is 2.34. The van der Waals surface area contributed by atoms with E-state index in [1.807, 2.05) is 19.9 Å². The standard InChI is InChI=1S/C13H15ClN2O2/c1-3-10-13(18)16(7-12(17)15-10)11-5-4-8(2)6-9(11)14/h4-6,10H,3,7H2,1-2H3,(H,15,17). The van der Waals surface area contributed by atoms with Crippen LogP contribution in [0, 0.1) is 6.92 Å². The second kappa shape index (κ2) is 4.98. The molecule has 5 heteroatoms. The van der Waals surface area contributed by atoms with E-state index >= 15 is 0 Å². The number of nitrogens with one attached hydrogen (secondary N) is 1.